The van der Waals surface area contributed by atoms with Crippen LogP contribution in [0.15, 0.2) is 54.9 Å². The van der Waals surface area contributed by atoms with Crippen molar-refractivity contribution in [2.24, 2.45) is 0 Å². The standard InChI is InChI=1S/C28H31N7O/c1-5-6-13-29-27-31-15-21-17-35(28(36)34(4)26(21)33-27)24-14-20(12-11-19(24)3)25-30-16-23(32-25)22-10-8-7-9-18(22)2/h7-12,14-16H,5-6,13,17H2,1-4H3,(H,30,32)(H,29,31,33). The maximum absolute atomic E-state index is 13.4. The Morgan fingerprint density at radius 2 is 1.89 bits per heavy atom. The molecule has 3 heterocycles. The molecule has 1 aliphatic heterocycles. The first-order chi connectivity index (χ1) is 17.5. The van der Waals surface area contributed by atoms with Crippen molar-refractivity contribution in [2.75, 3.05) is 28.7 Å². The first-order valence-corrected chi connectivity index (χ1v) is 12.3. The van der Waals surface area contributed by atoms with Crippen molar-refractivity contribution >= 4 is 23.5 Å². The number of unbranched alkanes of at least 4 members (excludes halogenated alkanes) is 1. The number of carbonyl (C=O) groups excluding carboxylic acids is 1. The zero-order chi connectivity index (χ0) is 25.2. The zero-order valence-electron chi connectivity index (χ0n) is 21.2. The van der Waals surface area contributed by atoms with Crippen LogP contribution in [0.5, 0.6) is 0 Å². The molecular formula is C28H31N7O. The second-order valence-corrected chi connectivity index (χ2v) is 9.21. The summed E-state index contributed by atoms with van der Waals surface area (Å²) in [4.78, 5) is 34.0. The van der Waals surface area contributed by atoms with Crippen molar-refractivity contribution in [1.82, 2.24) is 19.9 Å². The molecule has 2 aromatic carbocycles. The van der Waals surface area contributed by atoms with Gasteiger partial charge in [0.15, 0.2) is 0 Å². The largest absolute Gasteiger partial charge is 0.354 e. The van der Waals surface area contributed by atoms with Gasteiger partial charge in [0.2, 0.25) is 5.95 Å². The fourth-order valence-corrected chi connectivity index (χ4v) is 4.49. The molecule has 0 atom stereocenters. The molecule has 0 saturated heterocycles. The smallest absolute Gasteiger partial charge is 0.330 e. The summed E-state index contributed by atoms with van der Waals surface area (Å²) < 4.78 is 0. The highest BCUT2D eigenvalue weighted by molar-refractivity contribution is 6.05. The van der Waals surface area contributed by atoms with Gasteiger partial charge in [-0.15, -0.1) is 0 Å². The molecule has 0 saturated carbocycles. The van der Waals surface area contributed by atoms with Crippen molar-refractivity contribution in [1.29, 1.82) is 0 Å². The van der Waals surface area contributed by atoms with Gasteiger partial charge in [-0.05, 0) is 37.5 Å². The second-order valence-electron chi connectivity index (χ2n) is 9.21. The van der Waals surface area contributed by atoms with Crippen LogP contribution in [-0.2, 0) is 6.54 Å². The Kier molecular flexibility index (Phi) is 6.41. The Hall–Kier alpha value is -4.20. The Balaban J connectivity index is 1.44. The summed E-state index contributed by atoms with van der Waals surface area (Å²) >= 11 is 0. The molecule has 0 fully saturated rings. The number of amides is 2. The van der Waals surface area contributed by atoms with Gasteiger partial charge in [-0.25, -0.2) is 14.8 Å². The van der Waals surface area contributed by atoms with Crippen LogP contribution in [0.2, 0.25) is 0 Å². The van der Waals surface area contributed by atoms with E-state index in [1.807, 2.05) is 49.6 Å². The van der Waals surface area contributed by atoms with E-state index in [-0.39, 0.29) is 6.03 Å². The van der Waals surface area contributed by atoms with Gasteiger partial charge in [0.05, 0.1) is 18.4 Å². The molecule has 0 bridgehead atoms. The normalized spacial score (nSPS) is 13.2. The van der Waals surface area contributed by atoms with Gasteiger partial charge in [-0.3, -0.25) is 9.80 Å². The topological polar surface area (TPSA) is 90.0 Å². The minimum Gasteiger partial charge on any atom is -0.354 e. The third-order valence-corrected chi connectivity index (χ3v) is 6.60. The second kappa shape index (κ2) is 9.81. The first kappa shape index (κ1) is 23.5. The number of carbonyl (C=O) groups is 1. The van der Waals surface area contributed by atoms with E-state index in [9.17, 15) is 4.79 Å². The van der Waals surface area contributed by atoms with Crippen LogP contribution in [0.3, 0.4) is 0 Å². The Labute approximate surface area is 211 Å². The molecule has 0 radical (unpaired) electrons. The number of benzene rings is 2. The molecule has 5 rings (SSSR count). The van der Waals surface area contributed by atoms with Gasteiger partial charge < -0.3 is 10.3 Å². The number of hydrogen-bond acceptors (Lipinski definition) is 5. The van der Waals surface area contributed by atoms with Crippen LogP contribution < -0.4 is 15.1 Å². The third-order valence-electron chi connectivity index (χ3n) is 6.60. The number of fused-ring (bicyclic) bond motifs is 1. The lowest BCUT2D eigenvalue weighted by molar-refractivity contribution is 0.251. The number of H-pyrrole nitrogens is 1. The van der Waals surface area contributed by atoms with Crippen molar-refractivity contribution in [2.45, 2.75) is 40.2 Å². The number of nitrogens with one attached hydrogen (secondary N) is 2. The Morgan fingerprint density at radius 3 is 2.69 bits per heavy atom. The molecule has 36 heavy (non-hydrogen) atoms. The van der Waals surface area contributed by atoms with Crippen molar-refractivity contribution < 1.29 is 4.79 Å². The number of hydrogen-bond donors (Lipinski definition) is 2. The molecule has 2 aromatic heterocycles. The SMILES string of the molecule is CCCCNc1ncc2c(n1)N(C)C(=O)N(c1cc(-c3ncc(-c4ccccc4C)[nH]3)ccc1C)C2. The summed E-state index contributed by atoms with van der Waals surface area (Å²) in [7, 11) is 1.76. The molecule has 2 N–H and O–H groups in total. The Morgan fingerprint density at radius 1 is 1.06 bits per heavy atom. The number of aromatic nitrogens is 4. The molecule has 0 spiro atoms. The number of imidazole rings is 1. The summed E-state index contributed by atoms with van der Waals surface area (Å²) in [6.45, 7) is 7.46. The van der Waals surface area contributed by atoms with Crippen molar-refractivity contribution in [3.8, 4) is 22.6 Å². The van der Waals surface area contributed by atoms with E-state index in [0.717, 1.165) is 58.8 Å². The highest BCUT2D eigenvalue weighted by Crippen LogP contribution is 2.34. The molecule has 8 heteroatoms. The van der Waals surface area contributed by atoms with E-state index >= 15 is 0 Å². The van der Waals surface area contributed by atoms with Crippen LogP contribution in [0.4, 0.5) is 22.2 Å². The minimum absolute atomic E-state index is 0.124. The van der Waals surface area contributed by atoms with Gasteiger partial charge >= 0.3 is 6.03 Å². The van der Waals surface area contributed by atoms with E-state index in [4.69, 9.17) is 0 Å². The quantitative estimate of drug-likeness (QED) is 0.319. The lowest BCUT2D eigenvalue weighted by atomic mass is 10.1. The summed E-state index contributed by atoms with van der Waals surface area (Å²) in [5.74, 6) is 1.96. The van der Waals surface area contributed by atoms with E-state index in [2.05, 4.69) is 51.2 Å². The number of rotatable bonds is 7. The van der Waals surface area contributed by atoms with Gasteiger partial charge in [0, 0.05) is 42.2 Å². The predicted molar refractivity (Wildman–Crippen MR) is 144 cm³/mol. The maximum atomic E-state index is 13.4. The summed E-state index contributed by atoms with van der Waals surface area (Å²) in [5, 5.41) is 3.24. The highest BCUT2D eigenvalue weighted by atomic mass is 16.2. The lowest BCUT2D eigenvalue weighted by Crippen LogP contribution is -2.46. The highest BCUT2D eigenvalue weighted by Gasteiger charge is 2.31. The summed E-state index contributed by atoms with van der Waals surface area (Å²) in [5.41, 5.74) is 6.95. The summed E-state index contributed by atoms with van der Waals surface area (Å²) in [6.07, 6.45) is 5.80. The molecule has 0 unspecified atom stereocenters. The molecule has 2 amide bonds. The van der Waals surface area contributed by atoms with E-state index in [1.54, 1.807) is 16.8 Å². The predicted octanol–water partition coefficient (Wildman–Crippen LogP) is 5.94. The van der Waals surface area contributed by atoms with Gasteiger partial charge in [-0.1, -0.05) is 49.7 Å². The fraction of sp³-hybridized carbons (Fsp3) is 0.286. The number of anilines is 3. The molecule has 0 aliphatic carbocycles. The van der Waals surface area contributed by atoms with Crippen LogP contribution in [0.25, 0.3) is 22.6 Å². The van der Waals surface area contributed by atoms with E-state index in [0.29, 0.717) is 18.3 Å². The van der Waals surface area contributed by atoms with E-state index < -0.39 is 0 Å². The van der Waals surface area contributed by atoms with Gasteiger partial charge in [0.1, 0.15) is 11.6 Å². The van der Waals surface area contributed by atoms with Crippen LogP contribution in [-0.4, -0.2) is 39.6 Å². The number of urea groups is 1. The number of aromatic amines is 1. The third kappa shape index (κ3) is 4.42. The van der Waals surface area contributed by atoms with Crippen molar-refractivity contribution in [3.63, 3.8) is 0 Å². The Bertz CT molecular complexity index is 1410. The van der Waals surface area contributed by atoms with Crippen molar-refractivity contribution in [3.05, 3.63) is 71.5 Å². The van der Waals surface area contributed by atoms with Crippen LogP contribution in [0, 0.1) is 13.8 Å². The lowest BCUT2D eigenvalue weighted by Gasteiger charge is -2.35. The minimum atomic E-state index is -0.124. The average molecular weight is 482 g/mol. The van der Waals surface area contributed by atoms with Gasteiger partial charge in [-0.2, -0.15) is 4.98 Å². The molecule has 4 aromatic rings. The molecule has 8 nitrogen and oxygen atoms in total. The van der Waals surface area contributed by atoms with E-state index in [1.165, 1.54) is 5.56 Å². The maximum Gasteiger partial charge on any atom is 0.330 e. The number of aryl methyl sites for hydroxylation is 2. The number of nitrogens with zero attached hydrogens (tertiary/aromatic N) is 5. The first-order valence-electron chi connectivity index (χ1n) is 12.3. The fourth-order valence-electron chi connectivity index (χ4n) is 4.49. The molecule has 1 aliphatic rings. The van der Waals surface area contributed by atoms with Crippen LogP contribution in [0.1, 0.15) is 36.5 Å². The summed E-state index contributed by atoms with van der Waals surface area (Å²) in [6, 6.07) is 14.2. The monoisotopic (exact) mass is 481 g/mol. The van der Waals surface area contributed by atoms with Crippen LogP contribution >= 0.6 is 0 Å². The molecule has 184 valence electrons. The van der Waals surface area contributed by atoms with Gasteiger partial charge in [0.25, 0.3) is 0 Å². The average Bonchev–Trinajstić information content (AvgIpc) is 3.37. The zero-order valence-corrected chi connectivity index (χ0v) is 21.2. The molecular weight excluding hydrogens is 450 g/mol.